The number of hydrogen-bond acceptors (Lipinski definition) is 3. The monoisotopic (exact) mass is 210 g/mol. The maximum atomic E-state index is 13.0. The third kappa shape index (κ3) is 2.12. The number of benzene rings is 1. The van der Waals surface area contributed by atoms with Crippen LogP contribution in [0, 0.1) is 21.8 Å². The lowest BCUT2D eigenvalue weighted by Gasteiger charge is -2.26. The van der Waals surface area contributed by atoms with Gasteiger partial charge in [-0.15, -0.1) is 0 Å². The van der Waals surface area contributed by atoms with Crippen molar-refractivity contribution in [2.75, 3.05) is 13.1 Å². The Morgan fingerprint density at radius 3 is 2.80 bits per heavy atom. The Morgan fingerprint density at radius 2 is 2.27 bits per heavy atom. The van der Waals surface area contributed by atoms with Gasteiger partial charge in [0, 0.05) is 6.07 Å². The summed E-state index contributed by atoms with van der Waals surface area (Å²) < 4.78 is 13.0. The van der Waals surface area contributed by atoms with Gasteiger partial charge in [0.05, 0.1) is 4.92 Å². The predicted octanol–water partition coefficient (Wildman–Crippen LogP) is 1.50. The lowest BCUT2D eigenvalue weighted by molar-refractivity contribution is -0.387. The fourth-order valence-corrected chi connectivity index (χ4v) is 1.65. The Bertz CT molecular complexity index is 391. The minimum absolute atomic E-state index is 0.431. The van der Waals surface area contributed by atoms with Gasteiger partial charge in [0.1, 0.15) is 0 Å². The van der Waals surface area contributed by atoms with Crippen LogP contribution in [0.3, 0.4) is 0 Å². The van der Waals surface area contributed by atoms with E-state index in [0.29, 0.717) is 5.92 Å². The van der Waals surface area contributed by atoms with Gasteiger partial charge in [0.2, 0.25) is 5.82 Å². The molecule has 1 aliphatic rings. The number of rotatable bonds is 3. The van der Waals surface area contributed by atoms with Crippen LogP contribution in [0.15, 0.2) is 18.2 Å². The molecule has 1 fully saturated rings. The van der Waals surface area contributed by atoms with Gasteiger partial charge in [0.25, 0.3) is 0 Å². The van der Waals surface area contributed by atoms with E-state index < -0.39 is 16.4 Å². The van der Waals surface area contributed by atoms with Gasteiger partial charge in [-0.3, -0.25) is 10.1 Å². The summed E-state index contributed by atoms with van der Waals surface area (Å²) in [5, 5.41) is 13.6. The zero-order valence-corrected chi connectivity index (χ0v) is 8.07. The number of nitrogens with zero attached hydrogens (tertiary/aromatic N) is 1. The minimum atomic E-state index is -0.768. The lowest BCUT2D eigenvalue weighted by atomic mass is 9.94. The number of nitro groups is 1. The Balaban J connectivity index is 2.17. The molecule has 0 spiro atoms. The molecular weight excluding hydrogens is 199 g/mol. The summed E-state index contributed by atoms with van der Waals surface area (Å²) in [6.45, 7) is 1.87. The Labute approximate surface area is 86.3 Å². The summed E-state index contributed by atoms with van der Waals surface area (Å²) in [6.07, 6.45) is 0.772. The van der Waals surface area contributed by atoms with Crippen molar-refractivity contribution in [1.82, 2.24) is 5.32 Å². The molecule has 0 saturated carbocycles. The summed E-state index contributed by atoms with van der Waals surface area (Å²) in [5.41, 5.74) is 0.398. The number of halogens is 1. The topological polar surface area (TPSA) is 55.2 Å². The van der Waals surface area contributed by atoms with Gasteiger partial charge in [-0.05, 0) is 37.1 Å². The van der Waals surface area contributed by atoms with Crippen LogP contribution >= 0.6 is 0 Å². The van der Waals surface area contributed by atoms with E-state index in [1.54, 1.807) is 6.07 Å². The normalized spacial score (nSPS) is 16.1. The van der Waals surface area contributed by atoms with E-state index in [9.17, 15) is 14.5 Å². The molecule has 0 bridgehead atoms. The van der Waals surface area contributed by atoms with Crippen LogP contribution in [-0.4, -0.2) is 18.0 Å². The van der Waals surface area contributed by atoms with Crippen LogP contribution in [0.4, 0.5) is 10.1 Å². The number of nitrogens with one attached hydrogen (secondary N) is 1. The second-order valence-corrected chi connectivity index (χ2v) is 3.77. The van der Waals surface area contributed by atoms with Crippen LogP contribution in [0.5, 0.6) is 0 Å². The molecule has 4 nitrogen and oxygen atoms in total. The average molecular weight is 210 g/mol. The molecule has 1 aliphatic heterocycles. The van der Waals surface area contributed by atoms with E-state index >= 15 is 0 Å². The smallest absolute Gasteiger partial charge is 0.305 e. The van der Waals surface area contributed by atoms with Gasteiger partial charge in [-0.25, -0.2) is 0 Å². The van der Waals surface area contributed by atoms with Crippen LogP contribution in [0.2, 0.25) is 0 Å². The van der Waals surface area contributed by atoms with Crippen molar-refractivity contribution in [2.45, 2.75) is 6.42 Å². The van der Waals surface area contributed by atoms with E-state index in [2.05, 4.69) is 5.32 Å². The van der Waals surface area contributed by atoms with Crippen molar-refractivity contribution in [3.63, 3.8) is 0 Å². The first kappa shape index (κ1) is 10.0. The van der Waals surface area contributed by atoms with Crippen LogP contribution in [0.25, 0.3) is 0 Å². The van der Waals surface area contributed by atoms with E-state index in [-0.39, 0.29) is 0 Å². The maximum Gasteiger partial charge on any atom is 0.305 e. The van der Waals surface area contributed by atoms with Crippen molar-refractivity contribution in [2.24, 2.45) is 5.92 Å². The molecule has 0 aliphatic carbocycles. The molecule has 0 aromatic heterocycles. The van der Waals surface area contributed by atoms with Crippen molar-refractivity contribution in [3.8, 4) is 0 Å². The van der Waals surface area contributed by atoms with E-state index in [4.69, 9.17) is 0 Å². The Kier molecular flexibility index (Phi) is 2.64. The molecule has 5 heteroatoms. The Morgan fingerprint density at radius 1 is 1.53 bits per heavy atom. The van der Waals surface area contributed by atoms with Crippen molar-refractivity contribution in [3.05, 3.63) is 39.7 Å². The second-order valence-electron chi connectivity index (χ2n) is 3.77. The summed E-state index contributed by atoms with van der Waals surface area (Å²) in [6, 6.07) is 4.11. The number of hydrogen-bond donors (Lipinski definition) is 1. The van der Waals surface area contributed by atoms with Gasteiger partial charge in [0.15, 0.2) is 0 Å². The molecule has 1 saturated heterocycles. The maximum absolute atomic E-state index is 13.0. The molecule has 1 heterocycles. The SMILES string of the molecule is O=[N+]([O-])c1cc(CC2CNC2)ccc1F. The zero-order chi connectivity index (χ0) is 10.8. The van der Waals surface area contributed by atoms with Crippen molar-refractivity contribution >= 4 is 5.69 Å². The third-order valence-corrected chi connectivity index (χ3v) is 2.60. The first-order valence-corrected chi connectivity index (χ1v) is 4.80. The van der Waals surface area contributed by atoms with Gasteiger partial charge in [-0.1, -0.05) is 6.07 Å². The van der Waals surface area contributed by atoms with Crippen molar-refractivity contribution < 1.29 is 9.31 Å². The summed E-state index contributed by atoms with van der Waals surface area (Å²) in [5.74, 6) is -0.245. The number of nitro benzene ring substituents is 1. The first-order chi connectivity index (χ1) is 7.16. The molecule has 0 radical (unpaired) electrons. The Hall–Kier alpha value is -1.49. The summed E-state index contributed by atoms with van der Waals surface area (Å²) >= 11 is 0. The van der Waals surface area contributed by atoms with Gasteiger partial charge >= 0.3 is 5.69 Å². The summed E-state index contributed by atoms with van der Waals surface area (Å²) in [7, 11) is 0. The molecular formula is C10H11FN2O2. The zero-order valence-electron chi connectivity index (χ0n) is 8.07. The quantitative estimate of drug-likeness (QED) is 0.607. The third-order valence-electron chi connectivity index (χ3n) is 2.60. The molecule has 1 aromatic carbocycles. The van der Waals surface area contributed by atoms with Gasteiger partial charge < -0.3 is 5.32 Å². The van der Waals surface area contributed by atoms with Crippen molar-refractivity contribution in [1.29, 1.82) is 0 Å². The molecule has 1 N–H and O–H groups in total. The molecule has 80 valence electrons. The highest BCUT2D eigenvalue weighted by Gasteiger charge is 2.19. The average Bonchev–Trinajstić information content (AvgIpc) is 2.13. The van der Waals surface area contributed by atoms with Gasteiger partial charge in [-0.2, -0.15) is 4.39 Å². The largest absolute Gasteiger partial charge is 0.316 e. The van der Waals surface area contributed by atoms with Crippen LogP contribution < -0.4 is 5.32 Å². The van der Waals surface area contributed by atoms with Crippen LogP contribution in [-0.2, 0) is 6.42 Å². The molecule has 15 heavy (non-hydrogen) atoms. The van der Waals surface area contributed by atoms with E-state index in [1.807, 2.05) is 0 Å². The molecule has 0 atom stereocenters. The molecule has 0 amide bonds. The summed E-state index contributed by atoms with van der Waals surface area (Å²) in [4.78, 5) is 9.81. The molecule has 0 unspecified atom stereocenters. The fourth-order valence-electron chi connectivity index (χ4n) is 1.65. The highest BCUT2D eigenvalue weighted by molar-refractivity contribution is 5.36. The highest BCUT2D eigenvalue weighted by Crippen LogP contribution is 2.21. The standard InChI is InChI=1S/C10H11FN2O2/c11-9-2-1-7(3-8-5-12-6-8)4-10(9)13(14)15/h1-2,4,8,12H,3,5-6H2. The van der Waals surface area contributed by atoms with E-state index in [1.165, 1.54) is 12.1 Å². The van der Waals surface area contributed by atoms with Crippen LogP contribution in [0.1, 0.15) is 5.56 Å². The highest BCUT2D eigenvalue weighted by atomic mass is 19.1. The predicted molar refractivity (Wildman–Crippen MR) is 53.1 cm³/mol. The fraction of sp³-hybridized carbons (Fsp3) is 0.400. The molecule has 1 aromatic rings. The van der Waals surface area contributed by atoms with E-state index in [0.717, 1.165) is 25.1 Å². The minimum Gasteiger partial charge on any atom is -0.316 e. The molecule has 2 rings (SSSR count). The lowest BCUT2D eigenvalue weighted by Crippen LogP contribution is -2.43. The first-order valence-electron chi connectivity index (χ1n) is 4.80. The second kappa shape index (κ2) is 3.94.